The fourth-order valence-electron chi connectivity index (χ4n) is 3.07. The predicted molar refractivity (Wildman–Crippen MR) is 110 cm³/mol. The molecule has 2 aromatic rings. The van der Waals surface area contributed by atoms with Gasteiger partial charge in [-0.05, 0) is 37.5 Å². The van der Waals surface area contributed by atoms with E-state index in [2.05, 4.69) is 0 Å². The smallest absolute Gasteiger partial charge is 0.351 e. The Morgan fingerprint density at radius 1 is 1.11 bits per heavy atom. The first kappa shape index (κ1) is 18.8. The zero-order valence-corrected chi connectivity index (χ0v) is 16.3. The molecule has 5 heteroatoms. The Bertz CT molecular complexity index is 951. The van der Waals surface area contributed by atoms with E-state index in [-0.39, 0.29) is 12.2 Å². The van der Waals surface area contributed by atoms with Crippen molar-refractivity contribution < 1.29 is 9.53 Å². The second-order valence-electron chi connectivity index (χ2n) is 6.08. The topological polar surface area (TPSA) is 53.3 Å². The molecule has 2 aromatic carbocycles. The number of hydrogen-bond acceptors (Lipinski definition) is 5. The number of aryl methyl sites for hydroxylation is 2. The van der Waals surface area contributed by atoms with Crippen LogP contribution in [0.5, 0.6) is 0 Å². The molecular formula is C22H20N2O2S. The maximum atomic E-state index is 12.4. The number of thioether (sulfide) groups is 1. The van der Waals surface area contributed by atoms with Crippen LogP contribution in [0.15, 0.2) is 64.5 Å². The van der Waals surface area contributed by atoms with E-state index in [0.29, 0.717) is 5.03 Å². The molecule has 27 heavy (non-hydrogen) atoms. The molecule has 0 amide bonds. The molecule has 0 fully saturated rings. The van der Waals surface area contributed by atoms with Gasteiger partial charge in [-0.1, -0.05) is 60.3 Å². The normalized spacial score (nSPS) is 15.2. The van der Waals surface area contributed by atoms with Crippen LogP contribution in [0.2, 0.25) is 0 Å². The minimum absolute atomic E-state index is 0.0201. The number of hydrogen-bond donors (Lipinski definition) is 0. The second-order valence-corrected chi connectivity index (χ2v) is 6.93. The van der Waals surface area contributed by atoms with Crippen LogP contribution in [0.1, 0.15) is 23.6 Å². The number of rotatable bonds is 4. The molecule has 0 saturated carbocycles. The van der Waals surface area contributed by atoms with Gasteiger partial charge >= 0.3 is 5.97 Å². The Kier molecular flexibility index (Phi) is 5.68. The average molecular weight is 376 g/mol. The van der Waals surface area contributed by atoms with Gasteiger partial charge in [-0.15, -0.1) is 0 Å². The highest BCUT2D eigenvalue weighted by Gasteiger charge is 2.32. The number of esters is 1. The first-order chi connectivity index (χ1) is 13.1. The maximum absolute atomic E-state index is 12.4. The highest BCUT2D eigenvalue weighted by atomic mass is 32.2. The molecule has 1 aliphatic rings. The molecular weight excluding hydrogens is 356 g/mol. The zero-order valence-electron chi connectivity index (χ0n) is 15.5. The van der Waals surface area contributed by atoms with Gasteiger partial charge in [0.15, 0.2) is 5.57 Å². The van der Waals surface area contributed by atoms with Gasteiger partial charge in [0.25, 0.3) is 0 Å². The Balaban J connectivity index is 2.22. The average Bonchev–Trinajstić information content (AvgIpc) is 3.08. The van der Waals surface area contributed by atoms with E-state index in [1.54, 1.807) is 6.92 Å². The minimum atomic E-state index is -0.596. The second kappa shape index (κ2) is 8.15. The number of para-hydroxylation sites is 1. The van der Waals surface area contributed by atoms with Crippen molar-refractivity contribution in [2.75, 3.05) is 11.5 Å². The van der Waals surface area contributed by atoms with Crippen molar-refractivity contribution in [3.8, 4) is 6.07 Å². The van der Waals surface area contributed by atoms with E-state index in [1.807, 2.05) is 78.8 Å². The van der Waals surface area contributed by atoms with Crippen molar-refractivity contribution in [1.29, 1.82) is 5.26 Å². The quantitative estimate of drug-likeness (QED) is 0.419. The summed E-state index contributed by atoms with van der Waals surface area (Å²) in [5.41, 5.74) is 5.08. The third kappa shape index (κ3) is 3.62. The summed E-state index contributed by atoms with van der Waals surface area (Å²) in [6.07, 6.45) is 0. The van der Waals surface area contributed by atoms with Gasteiger partial charge in [0.2, 0.25) is 0 Å². The monoisotopic (exact) mass is 376 g/mol. The highest BCUT2D eigenvalue weighted by molar-refractivity contribution is 8.06. The number of carbonyl (C=O) groups excluding carboxylic acids is 1. The Morgan fingerprint density at radius 3 is 2.37 bits per heavy atom. The molecule has 4 nitrogen and oxygen atoms in total. The lowest BCUT2D eigenvalue weighted by atomic mass is 10.1. The molecule has 0 unspecified atom stereocenters. The Morgan fingerprint density at radius 2 is 1.78 bits per heavy atom. The van der Waals surface area contributed by atoms with Gasteiger partial charge in [-0.3, -0.25) is 0 Å². The summed E-state index contributed by atoms with van der Waals surface area (Å²) < 4.78 is 5.11. The van der Waals surface area contributed by atoms with Crippen LogP contribution in [-0.2, 0) is 9.53 Å². The molecule has 3 rings (SSSR count). The van der Waals surface area contributed by atoms with Crippen molar-refractivity contribution in [3.63, 3.8) is 0 Å². The van der Waals surface area contributed by atoms with Crippen molar-refractivity contribution in [3.05, 3.63) is 81.2 Å². The third-order valence-corrected chi connectivity index (χ3v) is 5.22. The van der Waals surface area contributed by atoms with Crippen LogP contribution < -0.4 is 4.90 Å². The summed E-state index contributed by atoms with van der Waals surface area (Å²) in [5, 5.41) is 12.2. The van der Waals surface area contributed by atoms with Crippen LogP contribution >= 0.6 is 11.8 Å². The van der Waals surface area contributed by atoms with Crippen molar-refractivity contribution in [2.24, 2.45) is 0 Å². The lowest BCUT2D eigenvalue weighted by Crippen LogP contribution is -2.21. The molecule has 136 valence electrons. The standard InChI is InChI=1S/C22H20N2O2S/c1-4-26-22(25)18(13-23)21-24(20-15(2)9-8-10-16(20)3)19(14-27-21)17-11-6-5-7-12-17/h5-12,14H,4H2,1-3H3/b21-18+. The van der Waals surface area contributed by atoms with Gasteiger partial charge in [-0.25, -0.2) is 4.79 Å². The van der Waals surface area contributed by atoms with E-state index < -0.39 is 5.97 Å². The van der Waals surface area contributed by atoms with E-state index in [4.69, 9.17) is 4.74 Å². The van der Waals surface area contributed by atoms with E-state index in [1.165, 1.54) is 11.8 Å². The Labute approximate surface area is 163 Å². The Hall–Kier alpha value is -2.97. The van der Waals surface area contributed by atoms with Crippen molar-refractivity contribution in [2.45, 2.75) is 20.8 Å². The number of anilines is 1. The van der Waals surface area contributed by atoms with Gasteiger partial charge in [0.1, 0.15) is 11.1 Å². The van der Waals surface area contributed by atoms with E-state index in [9.17, 15) is 10.1 Å². The van der Waals surface area contributed by atoms with Crippen molar-refractivity contribution >= 4 is 29.1 Å². The van der Waals surface area contributed by atoms with E-state index in [0.717, 1.165) is 28.1 Å². The molecule has 0 N–H and O–H groups in total. The zero-order chi connectivity index (χ0) is 19.4. The molecule has 0 atom stereocenters. The van der Waals surface area contributed by atoms with E-state index >= 15 is 0 Å². The molecule has 0 aromatic heterocycles. The van der Waals surface area contributed by atoms with Crippen LogP contribution in [0.4, 0.5) is 5.69 Å². The van der Waals surface area contributed by atoms with Crippen LogP contribution in [0.25, 0.3) is 5.70 Å². The largest absolute Gasteiger partial charge is 0.462 e. The molecule has 1 aliphatic heterocycles. The molecule has 0 spiro atoms. The molecule has 0 saturated heterocycles. The van der Waals surface area contributed by atoms with Gasteiger partial charge in [0.05, 0.1) is 18.0 Å². The predicted octanol–water partition coefficient (Wildman–Crippen LogP) is 5.15. The van der Waals surface area contributed by atoms with Crippen LogP contribution in [0, 0.1) is 25.2 Å². The van der Waals surface area contributed by atoms with Gasteiger partial charge in [-0.2, -0.15) is 5.26 Å². The maximum Gasteiger partial charge on any atom is 0.351 e. The molecule has 1 heterocycles. The molecule has 0 bridgehead atoms. The molecule has 0 radical (unpaired) electrons. The van der Waals surface area contributed by atoms with Gasteiger partial charge < -0.3 is 9.64 Å². The summed E-state index contributed by atoms with van der Waals surface area (Å²) in [6, 6.07) is 18.1. The SMILES string of the molecule is CCOC(=O)/C(C#N)=C1/SC=C(c2ccccc2)N1c1c(C)cccc1C. The van der Waals surface area contributed by atoms with Crippen LogP contribution in [-0.4, -0.2) is 12.6 Å². The fraction of sp³-hybridized carbons (Fsp3) is 0.182. The lowest BCUT2D eigenvalue weighted by Gasteiger charge is -2.27. The fourth-order valence-corrected chi connectivity index (χ4v) is 4.07. The van der Waals surface area contributed by atoms with Gasteiger partial charge in [0, 0.05) is 5.41 Å². The number of carbonyl (C=O) groups is 1. The van der Waals surface area contributed by atoms with Crippen molar-refractivity contribution in [1.82, 2.24) is 0 Å². The summed E-state index contributed by atoms with van der Waals surface area (Å²) in [4.78, 5) is 14.4. The summed E-state index contributed by atoms with van der Waals surface area (Å²) in [6.45, 7) is 6.02. The lowest BCUT2D eigenvalue weighted by molar-refractivity contribution is -0.138. The first-order valence-corrected chi connectivity index (χ1v) is 9.56. The summed E-state index contributed by atoms with van der Waals surface area (Å²) >= 11 is 1.37. The number of nitrogens with zero attached hydrogens (tertiary/aromatic N) is 2. The first-order valence-electron chi connectivity index (χ1n) is 8.68. The third-order valence-electron chi connectivity index (χ3n) is 4.26. The summed E-state index contributed by atoms with van der Waals surface area (Å²) in [7, 11) is 0. The molecule has 0 aliphatic carbocycles. The van der Waals surface area contributed by atoms with Crippen LogP contribution in [0.3, 0.4) is 0 Å². The number of benzene rings is 2. The number of nitriles is 1. The summed E-state index contributed by atoms with van der Waals surface area (Å²) in [5.74, 6) is -0.596. The highest BCUT2D eigenvalue weighted by Crippen LogP contribution is 2.46. The number of ether oxygens (including phenoxy) is 1. The minimum Gasteiger partial charge on any atom is -0.462 e.